The summed E-state index contributed by atoms with van der Waals surface area (Å²) in [6.45, 7) is 0.671. The molecule has 0 aromatic heterocycles. The molecule has 2 nitrogen and oxygen atoms in total. The summed E-state index contributed by atoms with van der Waals surface area (Å²) >= 11 is 0. The number of benzene rings is 2. The van der Waals surface area contributed by atoms with Crippen molar-refractivity contribution in [2.75, 3.05) is 5.32 Å². The van der Waals surface area contributed by atoms with Crippen LogP contribution in [0, 0.1) is 17.7 Å². The van der Waals surface area contributed by atoms with Crippen LogP contribution in [0.5, 0.6) is 0 Å². The molecule has 2 aromatic carbocycles. The molecule has 0 amide bonds. The zero-order valence-corrected chi connectivity index (χ0v) is 9.71. The molecule has 4 heteroatoms. The highest BCUT2D eigenvalue weighted by molar-refractivity contribution is 5.44. The molecule has 0 saturated heterocycles. The van der Waals surface area contributed by atoms with Crippen molar-refractivity contribution >= 4 is 5.69 Å². The maximum atomic E-state index is 13.1. The van der Waals surface area contributed by atoms with Gasteiger partial charge in [0.25, 0.3) is 0 Å². The highest BCUT2D eigenvalue weighted by atomic mass is 19.1. The van der Waals surface area contributed by atoms with Crippen LogP contribution in [0.1, 0.15) is 11.1 Å². The van der Waals surface area contributed by atoms with Gasteiger partial charge in [0.05, 0.1) is 0 Å². The molecule has 18 heavy (non-hydrogen) atoms. The summed E-state index contributed by atoms with van der Waals surface area (Å²) in [5.74, 6) is -0.745. The van der Waals surface area contributed by atoms with E-state index in [0.29, 0.717) is 24.3 Å². The summed E-state index contributed by atoms with van der Waals surface area (Å²) in [5.41, 5.74) is 7.67. The zero-order valence-electron chi connectivity index (χ0n) is 9.71. The van der Waals surface area contributed by atoms with Crippen molar-refractivity contribution in [3.8, 4) is 0 Å². The summed E-state index contributed by atoms with van der Waals surface area (Å²) in [5, 5.41) is 3.01. The van der Waals surface area contributed by atoms with Crippen molar-refractivity contribution in [1.82, 2.24) is 0 Å². The lowest BCUT2D eigenvalue weighted by Gasteiger charge is -2.10. The molecule has 93 valence electrons. The Morgan fingerprint density at radius 3 is 2.72 bits per heavy atom. The molecule has 0 heterocycles. The fraction of sp³-hybridized carbons (Fsp3) is 0.143. The summed E-state index contributed by atoms with van der Waals surface area (Å²) in [6.07, 6.45) is 0. The van der Waals surface area contributed by atoms with Gasteiger partial charge in [0.2, 0.25) is 0 Å². The Bertz CT molecular complexity index is 541. The van der Waals surface area contributed by atoms with E-state index in [0.717, 1.165) is 5.56 Å². The Balaban J connectivity index is 2.12. The molecule has 3 N–H and O–H groups in total. The first kappa shape index (κ1) is 12.5. The van der Waals surface area contributed by atoms with Gasteiger partial charge in [0.1, 0.15) is 11.6 Å². The van der Waals surface area contributed by atoms with Crippen LogP contribution in [0.4, 0.5) is 14.5 Å². The topological polar surface area (TPSA) is 38.0 Å². The molecule has 0 aliphatic rings. The third-order valence-corrected chi connectivity index (χ3v) is 2.60. The van der Waals surface area contributed by atoms with Crippen LogP contribution in [-0.2, 0) is 13.1 Å². The van der Waals surface area contributed by atoms with Crippen LogP contribution >= 0.6 is 0 Å². The van der Waals surface area contributed by atoms with Gasteiger partial charge < -0.3 is 11.1 Å². The monoisotopic (exact) mass is 247 g/mol. The van der Waals surface area contributed by atoms with E-state index in [9.17, 15) is 8.78 Å². The maximum absolute atomic E-state index is 13.1. The van der Waals surface area contributed by atoms with E-state index in [2.05, 4.69) is 11.4 Å². The van der Waals surface area contributed by atoms with E-state index in [1.54, 1.807) is 18.2 Å². The maximum Gasteiger partial charge on any atom is 0.131 e. The van der Waals surface area contributed by atoms with Crippen LogP contribution in [0.25, 0.3) is 0 Å². The second kappa shape index (κ2) is 5.60. The average Bonchev–Trinajstić information content (AvgIpc) is 2.37. The second-order valence-electron chi connectivity index (χ2n) is 3.88. The quantitative estimate of drug-likeness (QED) is 0.871. The lowest BCUT2D eigenvalue weighted by molar-refractivity contribution is 0.621. The van der Waals surface area contributed by atoms with Crippen molar-refractivity contribution in [1.29, 1.82) is 0 Å². The first-order chi connectivity index (χ1) is 8.69. The van der Waals surface area contributed by atoms with Crippen molar-refractivity contribution in [2.45, 2.75) is 13.1 Å². The Morgan fingerprint density at radius 1 is 1.17 bits per heavy atom. The Hall–Kier alpha value is -1.94. The largest absolute Gasteiger partial charge is 0.381 e. The van der Waals surface area contributed by atoms with Crippen molar-refractivity contribution in [3.05, 3.63) is 65.2 Å². The van der Waals surface area contributed by atoms with Crippen LogP contribution in [-0.4, -0.2) is 0 Å². The highest BCUT2D eigenvalue weighted by Gasteiger charge is 2.04. The standard InChI is InChI=1S/C14H13F2N2/c15-12-2-1-3-14(7-12)18-9-11-6-13(16)5-4-10(11)8-17/h1-5,7,18H,8-9,17H2. The first-order valence-electron chi connectivity index (χ1n) is 5.58. The molecule has 0 bridgehead atoms. The highest BCUT2D eigenvalue weighted by Crippen LogP contribution is 2.14. The third-order valence-electron chi connectivity index (χ3n) is 2.60. The number of halogens is 2. The predicted octanol–water partition coefficient (Wildman–Crippen LogP) is 2.84. The van der Waals surface area contributed by atoms with Gasteiger partial charge in [-0.05, 0) is 35.4 Å². The molecule has 2 rings (SSSR count). The first-order valence-corrected chi connectivity index (χ1v) is 5.58. The number of nitrogens with one attached hydrogen (secondary N) is 1. The SMILES string of the molecule is NCc1ccc(F)[c]c1CNc1cccc(F)c1. The summed E-state index contributed by atoms with van der Waals surface area (Å²) in [7, 11) is 0. The van der Waals surface area contributed by atoms with E-state index in [-0.39, 0.29) is 5.82 Å². The van der Waals surface area contributed by atoms with Crippen molar-refractivity contribution < 1.29 is 8.78 Å². The summed E-state index contributed by atoms with van der Waals surface area (Å²) in [4.78, 5) is 0. The molecule has 1 radical (unpaired) electrons. The van der Waals surface area contributed by atoms with E-state index in [1.807, 2.05) is 0 Å². The molecule has 0 spiro atoms. The predicted molar refractivity (Wildman–Crippen MR) is 66.9 cm³/mol. The van der Waals surface area contributed by atoms with E-state index < -0.39 is 5.82 Å². The molecule has 0 atom stereocenters. The smallest absolute Gasteiger partial charge is 0.131 e. The van der Waals surface area contributed by atoms with Crippen molar-refractivity contribution in [2.24, 2.45) is 5.73 Å². The fourth-order valence-electron chi connectivity index (χ4n) is 1.68. The molecular formula is C14H13F2N2. The van der Waals surface area contributed by atoms with Gasteiger partial charge in [-0.3, -0.25) is 0 Å². The summed E-state index contributed by atoms with van der Waals surface area (Å²) < 4.78 is 26.1. The number of rotatable bonds is 4. The van der Waals surface area contributed by atoms with Crippen LogP contribution in [0.15, 0.2) is 36.4 Å². The Kier molecular flexibility index (Phi) is 3.89. The van der Waals surface area contributed by atoms with Crippen LogP contribution in [0.2, 0.25) is 0 Å². The zero-order chi connectivity index (χ0) is 13.0. The molecule has 0 fully saturated rings. The van der Waals surface area contributed by atoms with Gasteiger partial charge in [0.15, 0.2) is 0 Å². The van der Waals surface area contributed by atoms with Gasteiger partial charge in [0, 0.05) is 24.8 Å². The fourth-order valence-corrected chi connectivity index (χ4v) is 1.68. The number of hydrogen-bond acceptors (Lipinski definition) is 2. The molecular weight excluding hydrogens is 234 g/mol. The van der Waals surface area contributed by atoms with Gasteiger partial charge >= 0.3 is 0 Å². The third kappa shape index (κ3) is 3.05. The molecule has 0 unspecified atom stereocenters. The minimum atomic E-state index is -0.428. The van der Waals surface area contributed by atoms with Gasteiger partial charge in [-0.15, -0.1) is 0 Å². The summed E-state index contributed by atoms with van der Waals surface area (Å²) in [6, 6.07) is 11.7. The van der Waals surface area contributed by atoms with E-state index in [4.69, 9.17) is 5.73 Å². The number of hydrogen-bond donors (Lipinski definition) is 2. The number of anilines is 1. The van der Waals surface area contributed by atoms with Gasteiger partial charge in [-0.25, -0.2) is 8.78 Å². The second-order valence-corrected chi connectivity index (χ2v) is 3.88. The molecule has 0 aliphatic heterocycles. The Labute approximate surface area is 104 Å². The lowest BCUT2D eigenvalue weighted by atomic mass is 10.1. The molecule has 0 aliphatic carbocycles. The van der Waals surface area contributed by atoms with Gasteiger partial charge in [-0.1, -0.05) is 12.1 Å². The lowest BCUT2D eigenvalue weighted by Crippen LogP contribution is -2.07. The van der Waals surface area contributed by atoms with Crippen molar-refractivity contribution in [3.63, 3.8) is 0 Å². The minimum Gasteiger partial charge on any atom is -0.381 e. The van der Waals surface area contributed by atoms with Gasteiger partial charge in [-0.2, -0.15) is 0 Å². The molecule has 2 aromatic rings. The Morgan fingerprint density at radius 2 is 2.00 bits per heavy atom. The van der Waals surface area contributed by atoms with E-state index in [1.165, 1.54) is 18.2 Å². The van der Waals surface area contributed by atoms with Crippen LogP contribution in [0.3, 0.4) is 0 Å². The minimum absolute atomic E-state index is 0.316. The van der Waals surface area contributed by atoms with Crippen LogP contribution < -0.4 is 11.1 Å². The number of nitrogens with two attached hydrogens (primary N) is 1. The van der Waals surface area contributed by atoms with E-state index >= 15 is 0 Å². The average molecular weight is 247 g/mol. The normalized spacial score (nSPS) is 10.4. The molecule has 0 saturated carbocycles.